The van der Waals surface area contributed by atoms with Crippen LogP contribution < -0.4 is 10.1 Å². The van der Waals surface area contributed by atoms with Crippen molar-refractivity contribution in [3.63, 3.8) is 0 Å². The van der Waals surface area contributed by atoms with Gasteiger partial charge in [-0.2, -0.15) is 0 Å². The Morgan fingerprint density at radius 2 is 1.75 bits per heavy atom. The minimum Gasteiger partial charge on any atom is -0.494 e. The van der Waals surface area contributed by atoms with E-state index in [-0.39, 0.29) is 30.4 Å². The number of aryl methyl sites for hydroxylation is 1. The zero-order chi connectivity index (χ0) is 25.9. The van der Waals surface area contributed by atoms with Gasteiger partial charge in [0.2, 0.25) is 5.91 Å². The fraction of sp³-hybridized carbons (Fsp3) is 0.333. The summed E-state index contributed by atoms with van der Waals surface area (Å²) in [5.41, 5.74) is 1.70. The number of imidazole rings is 1. The summed E-state index contributed by atoms with van der Waals surface area (Å²) in [6.45, 7) is 6.79. The van der Waals surface area contributed by atoms with Gasteiger partial charge in [-0.05, 0) is 44.0 Å². The number of hydrogen-bond acceptors (Lipinski definition) is 6. The maximum Gasteiger partial charge on any atom is 0.359 e. The van der Waals surface area contributed by atoms with Gasteiger partial charge >= 0.3 is 5.97 Å². The molecule has 1 aliphatic rings. The molecule has 1 atom stereocenters. The van der Waals surface area contributed by atoms with E-state index in [4.69, 9.17) is 9.47 Å². The van der Waals surface area contributed by atoms with Gasteiger partial charge in [0.05, 0.1) is 26.6 Å². The standard InChI is InChI=1S/C27H30N4O5/c1-5-36-21-12-10-20(11-13-21)15-31-24(32)23-22(25(33)35-4)29-17-30(23)16-27(31,3)26(34)28-14-19-8-6-18(2)7-9-19/h6-13,17H,5,14-16H2,1-4H3,(H,28,34)/t27-/m1/s1. The molecular weight excluding hydrogens is 460 g/mol. The van der Waals surface area contributed by atoms with Gasteiger partial charge in [0.1, 0.15) is 17.0 Å². The number of rotatable bonds is 8. The first-order valence-electron chi connectivity index (χ1n) is 11.8. The van der Waals surface area contributed by atoms with Crippen molar-refractivity contribution in [3.8, 4) is 5.75 Å². The highest BCUT2D eigenvalue weighted by atomic mass is 16.5. The molecule has 1 aromatic heterocycles. The normalized spacial score (nSPS) is 16.9. The van der Waals surface area contributed by atoms with Crippen LogP contribution in [0.2, 0.25) is 0 Å². The lowest BCUT2D eigenvalue weighted by Crippen LogP contribution is -2.63. The van der Waals surface area contributed by atoms with Crippen LogP contribution in [-0.2, 0) is 29.2 Å². The predicted molar refractivity (Wildman–Crippen MR) is 132 cm³/mol. The first-order chi connectivity index (χ1) is 17.3. The highest BCUT2D eigenvalue weighted by molar-refractivity contribution is 6.06. The lowest BCUT2D eigenvalue weighted by atomic mass is 9.93. The Kier molecular flexibility index (Phi) is 7.10. The lowest BCUT2D eigenvalue weighted by molar-refractivity contribution is -0.133. The molecule has 0 radical (unpaired) electrons. The average Bonchev–Trinajstić information content (AvgIpc) is 3.30. The molecule has 9 nitrogen and oxygen atoms in total. The molecule has 0 fully saturated rings. The van der Waals surface area contributed by atoms with Gasteiger partial charge in [-0.1, -0.05) is 42.0 Å². The Labute approximate surface area is 210 Å². The first-order valence-corrected chi connectivity index (χ1v) is 11.8. The number of ether oxygens (including phenoxy) is 2. The van der Waals surface area contributed by atoms with E-state index in [1.165, 1.54) is 18.3 Å². The summed E-state index contributed by atoms with van der Waals surface area (Å²) in [5.74, 6) is -0.760. The number of benzene rings is 2. The second-order valence-corrected chi connectivity index (χ2v) is 8.97. The fourth-order valence-electron chi connectivity index (χ4n) is 4.30. The third-order valence-corrected chi connectivity index (χ3v) is 6.38. The van der Waals surface area contributed by atoms with Gasteiger partial charge in [-0.25, -0.2) is 9.78 Å². The highest BCUT2D eigenvalue weighted by Crippen LogP contribution is 2.31. The number of fused-ring (bicyclic) bond motifs is 1. The monoisotopic (exact) mass is 490 g/mol. The van der Waals surface area contributed by atoms with Crippen molar-refractivity contribution in [1.82, 2.24) is 19.8 Å². The van der Waals surface area contributed by atoms with Crippen LogP contribution in [-0.4, -0.2) is 51.5 Å². The van der Waals surface area contributed by atoms with Gasteiger partial charge in [0, 0.05) is 13.1 Å². The van der Waals surface area contributed by atoms with Crippen molar-refractivity contribution in [2.75, 3.05) is 13.7 Å². The number of aromatic nitrogens is 2. The molecule has 0 saturated carbocycles. The smallest absolute Gasteiger partial charge is 0.359 e. The topological polar surface area (TPSA) is 103 Å². The molecule has 188 valence electrons. The Morgan fingerprint density at radius 3 is 2.39 bits per heavy atom. The second kappa shape index (κ2) is 10.2. The van der Waals surface area contributed by atoms with E-state index in [1.54, 1.807) is 11.5 Å². The zero-order valence-electron chi connectivity index (χ0n) is 20.9. The Bertz CT molecular complexity index is 1270. The number of methoxy groups -OCH3 is 1. The average molecular weight is 491 g/mol. The van der Waals surface area contributed by atoms with Crippen LogP contribution in [0.15, 0.2) is 54.9 Å². The molecule has 0 saturated heterocycles. The van der Waals surface area contributed by atoms with Crippen LogP contribution >= 0.6 is 0 Å². The van der Waals surface area contributed by atoms with E-state index in [0.29, 0.717) is 13.2 Å². The minimum absolute atomic E-state index is 0.0682. The Morgan fingerprint density at radius 1 is 1.08 bits per heavy atom. The summed E-state index contributed by atoms with van der Waals surface area (Å²) >= 11 is 0. The maximum absolute atomic E-state index is 13.8. The maximum atomic E-state index is 13.8. The van der Waals surface area contributed by atoms with Crippen LogP contribution in [0.1, 0.15) is 51.5 Å². The molecule has 1 aliphatic heterocycles. The van der Waals surface area contributed by atoms with Crippen molar-refractivity contribution in [2.24, 2.45) is 0 Å². The van der Waals surface area contributed by atoms with Gasteiger partial charge in [0.15, 0.2) is 5.69 Å². The largest absolute Gasteiger partial charge is 0.494 e. The summed E-state index contributed by atoms with van der Waals surface area (Å²) in [6, 6.07) is 15.2. The minimum atomic E-state index is -1.23. The molecule has 9 heteroatoms. The third kappa shape index (κ3) is 4.82. The lowest BCUT2D eigenvalue weighted by Gasteiger charge is -2.43. The quantitative estimate of drug-likeness (QED) is 0.487. The van der Waals surface area contributed by atoms with E-state index in [9.17, 15) is 14.4 Å². The molecule has 4 rings (SSSR count). The van der Waals surface area contributed by atoms with Crippen LogP contribution in [0.25, 0.3) is 0 Å². The molecule has 2 heterocycles. The number of nitrogens with one attached hydrogen (secondary N) is 1. The number of amides is 2. The summed E-state index contributed by atoms with van der Waals surface area (Å²) < 4.78 is 11.9. The molecule has 3 aromatic rings. The van der Waals surface area contributed by atoms with Gasteiger partial charge in [-0.3, -0.25) is 9.59 Å². The summed E-state index contributed by atoms with van der Waals surface area (Å²) in [7, 11) is 1.24. The highest BCUT2D eigenvalue weighted by Gasteiger charge is 2.48. The summed E-state index contributed by atoms with van der Waals surface area (Å²) in [5, 5.41) is 2.98. The first kappa shape index (κ1) is 25.0. The SMILES string of the molecule is CCOc1ccc(CN2C(=O)c3c(C(=O)OC)ncn3C[C@]2(C)C(=O)NCc2ccc(C)cc2)cc1. The van der Waals surface area contributed by atoms with Crippen LogP contribution in [0.4, 0.5) is 0 Å². The number of hydrogen-bond donors (Lipinski definition) is 1. The Balaban J connectivity index is 1.66. The van der Waals surface area contributed by atoms with Crippen LogP contribution in [0.3, 0.4) is 0 Å². The fourth-order valence-corrected chi connectivity index (χ4v) is 4.30. The van der Waals surface area contributed by atoms with Crippen molar-refractivity contribution < 1.29 is 23.9 Å². The Hall–Kier alpha value is -4.14. The van der Waals surface area contributed by atoms with E-state index in [0.717, 1.165) is 22.4 Å². The van der Waals surface area contributed by atoms with Crippen molar-refractivity contribution in [2.45, 2.75) is 45.9 Å². The van der Waals surface area contributed by atoms with E-state index >= 15 is 0 Å². The van der Waals surface area contributed by atoms with E-state index in [1.807, 2.05) is 62.4 Å². The molecular formula is C27H30N4O5. The summed E-state index contributed by atoms with van der Waals surface area (Å²) in [4.78, 5) is 45.3. The third-order valence-electron chi connectivity index (χ3n) is 6.38. The molecule has 2 amide bonds. The van der Waals surface area contributed by atoms with Gasteiger partial charge in [0.25, 0.3) is 5.91 Å². The van der Waals surface area contributed by atoms with Crippen LogP contribution in [0.5, 0.6) is 5.75 Å². The molecule has 1 N–H and O–H groups in total. The van der Waals surface area contributed by atoms with Crippen LogP contribution in [0, 0.1) is 6.92 Å². The van der Waals surface area contributed by atoms with Gasteiger partial charge < -0.3 is 24.3 Å². The number of esters is 1. The molecule has 0 unspecified atom stereocenters. The van der Waals surface area contributed by atoms with E-state index in [2.05, 4.69) is 10.3 Å². The number of carbonyl (C=O) groups excluding carboxylic acids is 3. The molecule has 2 aromatic carbocycles. The van der Waals surface area contributed by atoms with Crippen molar-refractivity contribution in [3.05, 3.63) is 82.9 Å². The molecule has 36 heavy (non-hydrogen) atoms. The van der Waals surface area contributed by atoms with E-state index < -0.39 is 17.4 Å². The molecule has 0 aliphatic carbocycles. The predicted octanol–water partition coefficient (Wildman–Crippen LogP) is 3.11. The van der Waals surface area contributed by atoms with Crippen molar-refractivity contribution >= 4 is 17.8 Å². The summed E-state index contributed by atoms with van der Waals surface area (Å²) in [6.07, 6.45) is 1.40. The molecule has 0 spiro atoms. The number of nitrogens with zero attached hydrogens (tertiary/aromatic N) is 3. The molecule has 0 bridgehead atoms. The zero-order valence-corrected chi connectivity index (χ0v) is 20.9. The second-order valence-electron chi connectivity index (χ2n) is 8.97. The van der Waals surface area contributed by atoms with Crippen molar-refractivity contribution in [1.29, 1.82) is 0 Å². The van der Waals surface area contributed by atoms with Gasteiger partial charge in [-0.15, -0.1) is 0 Å². The number of carbonyl (C=O) groups is 3.